The van der Waals surface area contributed by atoms with Gasteiger partial charge in [-0.3, -0.25) is 4.79 Å². The second-order valence-electron chi connectivity index (χ2n) is 5.35. The molecule has 1 aliphatic carbocycles. The van der Waals surface area contributed by atoms with E-state index in [1.165, 1.54) is 19.3 Å². The van der Waals surface area contributed by atoms with Gasteiger partial charge in [-0.05, 0) is 43.4 Å². The Bertz CT molecular complexity index is 480. The predicted octanol–water partition coefficient (Wildman–Crippen LogP) is 2.62. The lowest BCUT2D eigenvalue weighted by molar-refractivity contribution is -0.136. The van der Waals surface area contributed by atoms with Crippen molar-refractivity contribution in [2.24, 2.45) is 5.92 Å². The Hall–Kier alpha value is -2.04. The van der Waals surface area contributed by atoms with Gasteiger partial charge < -0.3 is 15.7 Å². The van der Waals surface area contributed by atoms with E-state index >= 15 is 0 Å². The van der Waals surface area contributed by atoms with E-state index in [1.54, 1.807) is 24.3 Å². The number of hydrogen-bond donors (Lipinski definition) is 3. The van der Waals surface area contributed by atoms with Crippen LogP contribution in [0.25, 0.3) is 0 Å². The summed E-state index contributed by atoms with van der Waals surface area (Å²) in [5.74, 6) is -0.267. The molecule has 1 aromatic rings. The highest BCUT2D eigenvalue weighted by molar-refractivity contribution is 5.89. The monoisotopic (exact) mass is 276 g/mol. The number of carboxylic acids is 1. The molecule has 0 aliphatic heterocycles. The second-order valence-corrected chi connectivity index (χ2v) is 5.35. The topological polar surface area (TPSA) is 78.4 Å². The van der Waals surface area contributed by atoms with Crippen LogP contribution in [0.15, 0.2) is 24.3 Å². The molecule has 0 bridgehead atoms. The van der Waals surface area contributed by atoms with E-state index in [0.717, 1.165) is 0 Å². The number of benzene rings is 1. The molecule has 1 atom stereocenters. The summed E-state index contributed by atoms with van der Waals surface area (Å²) in [5, 5.41) is 14.4. The molecule has 0 spiro atoms. The highest BCUT2D eigenvalue weighted by atomic mass is 16.4. The average Bonchev–Trinajstić information content (AvgIpc) is 2.28. The van der Waals surface area contributed by atoms with Crippen LogP contribution in [0.3, 0.4) is 0 Å². The van der Waals surface area contributed by atoms with Crippen LogP contribution < -0.4 is 10.6 Å². The first kappa shape index (κ1) is 14.4. The lowest BCUT2D eigenvalue weighted by Crippen LogP contribution is -2.42. The highest BCUT2D eigenvalue weighted by Crippen LogP contribution is 2.29. The van der Waals surface area contributed by atoms with Crippen molar-refractivity contribution in [3.8, 4) is 0 Å². The Morgan fingerprint density at radius 1 is 1.30 bits per heavy atom. The van der Waals surface area contributed by atoms with Crippen LogP contribution >= 0.6 is 0 Å². The maximum atomic E-state index is 11.8. The molecule has 20 heavy (non-hydrogen) atoms. The Morgan fingerprint density at radius 3 is 2.45 bits per heavy atom. The first-order valence-corrected chi connectivity index (χ1v) is 6.93. The molecule has 2 amide bonds. The van der Waals surface area contributed by atoms with Gasteiger partial charge in [0.2, 0.25) is 0 Å². The van der Waals surface area contributed by atoms with Crippen molar-refractivity contribution in [3.63, 3.8) is 0 Å². The molecule has 0 heterocycles. The van der Waals surface area contributed by atoms with Crippen molar-refractivity contribution in [2.45, 2.75) is 38.6 Å². The minimum Gasteiger partial charge on any atom is -0.481 e. The minimum absolute atomic E-state index is 0.00874. The first-order chi connectivity index (χ1) is 9.54. The van der Waals surface area contributed by atoms with Crippen LogP contribution in [0, 0.1) is 5.92 Å². The number of urea groups is 1. The number of carbonyl (C=O) groups is 2. The van der Waals surface area contributed by atoms with Gasteiger partial charge >= 0.3 is 12.0 Å². The van der Waals surface area contributed by atoms with Crippen LogP contribution in [0.1, 0.15) is 31.7 Å². The minimum atomic E-state index is -0.863. The number of hydrogen-bond acceptors (Lipinski definition) is 2. The summed E-state index contributed by atoms with van der Waals surface area (Å²) >= 11 is 0. The van der Waals surface area contributed by atoms with Crippen molar-refractivity contribution in [3.05, 3.63) is 29.8 Å². The molecular weight excluding hydrogens is 256 g/mol. The van der Waals surface area contributed by atoms with E-state index in [4.69, 9.17) is 5.11 Å². The first-order valence-electron chi connectivity index (χ1n) is 6.93. The largest absolute Gasteiger partial charge is 0.481 e. The lowest BCUT2D eigenvalue weighted by Gasteiger charge is -2.31. The molecule has 1 saturated carbocycles. The third kappa shape index (κ3) is 3.98. The summed E-state index contributed by atoms with van der Waals surface area (Å²) in [6, 6.07) is 6.82. The molecule has 2 rings (SSSR count). The third-order valence-electron chi connectivity index (χ3n) is 3.78. The molecule has 5 nitrogen and oxygen atoms in total. The maximum Gasteiger partial charge on any atom is 0.319 e. The highest BCUT2D eigenvalue weighted by Gasteiger charge is 2.24. The van der Waals surface area contributed by atoms with E-state index < -0.39 is 5.97 Å². The van der Waals surface area contributed by atoms with Gasteiger partial charge in [0.15, 0.2) is 0 Å². The van der Waals surface area contributed by atoms with Crippen LogP contribution in [0.2, 0.25) is 0 Å². The van der Waals surface area contributed by atoms with Crippen molar-refractivity contribution in [2.75, 3.05) is 5.32 Å². The van der Waals surface area contributed by atoms with Crippen molar-refractivity contribution >= 4 is 17.7 Å². The fourth-order valence-corrected chi connectivity index (χ4v) is 2.31. The summed E-state index contributed by atoms with van der Waals surface area (Å²) in [6.45, 7) is 2.03. The number of carbonyl (C=O) groups excluding carboxylic acids is 1. The lowest BCUT2D eigenvalue weighted by atomic mass is 9.80. The number of aliphatic carboxylic acids is 1. The van der Waals surface area contributed by atoms with E-state index in [-0.39, 0.29) is 18.5 Å². The summed E-state index contributed by atoms with van der Waals surface area (Å²) in [7, 11) is 0. The number of carboxylic acid groups (broad SMARTS) is 1. The zero-order valence-corrected chi connectivity index (χ0v) is 11.6. The normalized spacial score (nSPS) is 16.1. The van der Waals surface area contributed by atoms with Gasteiger partial charge in [0.25, 0.3) is 0 Å². The summed E-state index contributed by atoms with van der Waals surface area (Å²) in [5.41, 5.74) is 1.38. The smallest absolute Gasteiger partial charge is 0.319 e. The Morgan fingerprint density at radius 2 is 1.95 bits per heavy atom. The van der Waals surface area contributed by atoms with Gasteiger partial charge in [-0.15, -0.1) is 0 Å². The molecule has 1 aliphatic rings. The SMILES string of the molecule is CC(NC(=O)Nc1ccc(CC(=O)O)cc1)C1CCC1. The fraction of sp³-hybridized carbons (Fsp3) is 0.467. The molecule has 108 valence electrons. The van der Waals surface area contributed by atoms with Crippen molar-refractivity contribution < 1.29 is 14.7 Å². The van der Waals surface area contributed by atoms with Gasteiger partial charge in [0.1, 0.15) is 0 Å². The van der Waals surface area contributed by atoms with E-state index in [0.29, 0.717) is 17.2 Å². The van der Waals surface area contributed by atoms with Gasteiger partial charge in [0.05, 0.1) is 6.42 Å². The van der Waals surface area contributed by atoms with Crippen molar-refractivity contribution in [1.82, 2.24) is 5.32 Å². The number of anilines is 1. The summed E-state index contributed by atoms with van der Waals surface area (Å²) in [6.07, 6.45) is 3.62. The van der Waals surface area contributed by atoms with Crippen molar-refractivity contribution in [1.29, 1.82) is 0 Å². The third-order valence-corrected chi connectivity index (χ3v) is 3.78. The Labute approximate surface area is 118 Å². The summed E-state index contributed by atoms with van der Waals surface area (Å²) < 4.78 is 0. The van der Waals surface area contributed by atoms with E-state index in [2.05, 4.69) is 10.6 Å². The average molecular weight is 276 g/mol. The molecule has 1 fully saturated rings. The number of rotatable bonds is 5. The maximum absolute atomic E-state index is 11.8. The zero-order chi connectivity index (χ0) is 14.5. The van der Waals surface area contributed by atoms with Crippen LogP contribution in [-0.2, 0) is 11.2 Å². The number of amides is 2. The van der Waals surface area contributed by atoms with Gasteiger partial charge in [-0.25, -0.2) is 4.79 Å². The molecule has 0 aromatic heterocycles. The summed E-state index contributed by atoms with van der Waals surface area (Å²) in [4.78, 5) is 22.4. The van der Waals surface area contributed by atoms with E-state index in [9.17, 15) is 9.59 Å². The molecule has 0 radical (unpaired) electrons. The molecule has 0 saturated heterocycles. The second kappa shape index (κ2) is 6.41. The van der Waals surface area contributed by atoms with Gasteiger partial charge in [-0.2, -0.15) is 0 Å². The molecule has 1 aromatic carbocycles. The van der Waals surface area contributed by atoms with Crippen LogP contribution in [0.5, 0.6) is 0 Å². The van der Waals surface area contributed by atoms with Crippen LogP contribution in [-0.4, -0.2) is 23.1 Å². The van der Waals surface area contributed by atoms with Gasteiger partial charge in [-0.1, -0.05) is 18.6 Å². The quantitative estimate of drug-likeness (QED) is 0.773. The fourth-order valence-electron chi connectivity index (χ4n) is 2.31. The van der Waals surface area contributed by atoms with E-state index in [1.807, 2.05) is 6.92 Å². The van der Waals surface area contributed by atoms with Gasteiger partial charge in [0, 0.05) is 11.7 Å². The molecule has 5 heteroatoms. The molecule has 1 unspecified atom stereocenters. The predicted molar refractivity (Wildman–Crippen MR) is 76.7 cm³/mol. The molecule has 3 N–H and O–H groups in total. The van der Waals surface area contributed by atoms with Crippen LogP contribution in [0.4, 0.5) is 10.5 Å². The Kier molecular flexibility index (Phi) is 4.61. The number of nitrogens with one attached hydrogen (secondary N) is 2. The zero-order valence-electron chi connectivity index (χ0n) is 11.6. The Balaban J connectivity index is 1.82. The molecular formula is C15H20N2O3. The standard InChI is InChI=1S/C15H20N2O3/c1-10(12-3-2-4-12)16-15(20)17-13-7-5-11(6-8-13)9-14(18)19/h5-8,10,12H,2-4,9H2,1H3,(H,18,19)(H2,16,17,20).